The molecule has 0 N–H and O–H groups in total. The Hall–Kier alpha value is -2.83. The molecule has 3 rings (SSSR count). The van der Waals surface area contributed by atoms with Crippen molar-refractivity contribution < 1.29 is 23.5 Å². The maximum Gasteiger partial charge on any atom is 0.341 e. The maximum atomic E-state index is 12.3. The van der Waals surface area contributed by atoms with Gasteiger partial charge in [-0.2, -0.15) is 0 Å². The first-order valence-corrected chi connectivity index (χ1v) is 9.71. The summed E-state index contributed by atoms with van der Waals surface area (Å²) in [5, 5.41) is 3.89. The molecule has 0 unspecified atom stereocenters. The van der Waals surface area contributed by atoms with E-state index in [9.17, 15) is 4.79 Å². The third kappa shape index (κ3) is 5.34. The summed E-state index contributed by atoms with van der Waals surface area (Å²) in [5.41, 5.74) is 2.06. The van der Waals surface area contributed by atoms with Crippen LogP contribution in [0.2, 0.25) is 0 Å². The van der Waals surface area contributed by atoms with Crippen LogP contribution >= 0.6 is 0 Å². The molecule has 0 atom stereocenters. The van der Waals surface area contributed by atoms with E-state index in [1.54, 1.807) is 19.1 Å². The molecule has 0 aliphatic carbocycles. The van der Waals surface area contributed by atoms with Crippen LogP contribution in [-0.2, 0) is 15.9 Å². The lowest BCUT2D eigenvalue weighted by molar-refractivity contribution is 0.0521. The van der Waals surface area contributed by atoms with E-state index in [4.69, 9.17) is 18.7 Å². The molecule has 28 heavy (non-hydrogen) atoms. The Bertz CT molecular complexity index is 828. The molecule has 1 aliphatic rings. The molecule has 1 aliphatic heterocycles. The van der Waals surface area contributed by atoms with Crippen LogP contribution < -0.4 is 4.74 Å². The predicted molar refractivity (Wildman–Crippen MR) is 104 cm³/mol. The molecule has 0 fully saturated rings. The molecule has 1 aromatic heterocycles. The lowest BCUT2D eigenvalue weighted by atomic mass is 10.1. The van der Waals surface area contributed by atoms with Gasteiger partial charge in [0.25, 0.3) is 0 Å². The van der Waals surface area contributed by atoms with Crippen molar-refractivity contribution in [3.8, 4) is 5.75 Å². The van der Waals surface area contributed by atoms with Crippen LogP contribution in [0.4, 0.5) is 0 Å². The monoisotopic (exact) mass is 386 g/mol. The van der Waals surface area contributed by atoms with Gasteiger partial charge in [0.05, 0.1) is 25.5 Å². The first-order valence-electron chi connectivity index (χ1n) is 9.71. The fraction of sp³-hybridized carbons (Fsp3) is 0.476. The van der Waals surface area contributed by atoms with Gasteiger partial charge in [-0.05, 0) is 51.3 Å². The summed E-state index contributed by atoms with van der Waals surface area (Å²) in [6, 6.07) is 7.32. The second-order valence-corrected chi connectivity index (χ2v) is 6.56. The second kappa shape index (κ2) is 9.92. The Labute approximate surface area is 164 Å². The molecule has 7 nitrogen and oxygen atoms in total. The standard InChI is InChI=1S/C21H26N2O5/c1-3-25-21(24)18-14-16(20-22-10-12-27-20)8-9-19(18)26-11-6-4-5-7-17-13-15(2)23-28-17/h8-9,13-14H,3-7,10-12H2,1-2H3. The number of aliphatic imine (C=N–C) groups is 1. The minimum Gasteiger partial charge on any atom is -0.493 e. The van der Waals surface area contributed by atoms with Gasteiger partial charge in [-0.15, -0.1) is 0 Å². The molecule has 2 aromatic rings. The SMILES string of the molecule is CCOC(=O)c1cc(C2=NCCO2)ccc1OCCCCCc1cc(C)no1. The number of hydrogen-bond donors (Lipinski definition) is 0. The van der Waals surface area contributed by atoms with E-state index < -0.39 is 5.97 Å². The molecule has 1 aromatic carbocycles. The number of nitrogens with zero attached hydrogens (tertiary/aromatic N) is 2. The Balaban J connectivity index is 1.53. The smallest absolute Gasteiger partial charge is 0.341 e. The van der Waals surface area contributed by atoms with E-state index in [-0.39, 0.29) is 0 Å². The van der Waals surface area contributed by atoms with E-state index >= 15 is 0 Å². The highest BCUT2D eigenvalue weighted by Crippen LogP contribution is 2.23. The van der Waals surface area contributed by atoms with E-state index in [1.165, 1.54) is 0 Å². The van der Waals surface area contributed by atoms with Crippen molar-refractivity contribution in [2.45, 2.75) is 39.5 Å². The number of carbonyl (C=O) groups excluding carboxylic acids is 1. The summed E-state index contributed by atoms with van der Waals surface area (Å²) >= 11 is 0. The van der Waals surface area contributed by atoms with Crippen LogP contribution in [0.3, 0.4) is 0 Å². The first kappa shape index (κ1) is 19.9. The average Bonchev–Trinajstić information content (AvgIpc) is 3.37. The summed E-state index contributed by atoms with van der Waals surface area (Å²) in [5.74, 6) is 1.58. The number of ether oxygens (including phenoxy) is 3. The van der Waals surface area contributed by atoms with Crippen molar-refractivity contribution in [3.05, 3.63) is 46.8 Å². The molecular formula is C21H26N2O5. The minimum atomic E-state index is -0.404. The zero-order chi connectivity index (χ0) is 19.8. The zero-order valence-electron chi connectivity index (χ0n) is 16.4. The quantitative estimate of drug-likeness (QED) is 0.457. The van der Waals surface area contributed by atoms with E-state index in [0.717, 1.165) is 42.7 Å². The summed E-state index contributed by atoms with van der Waals surface area (Å²) in [6.07, 6.45) is 3.74. The average molecular weight is 386 g/mol. The highest BCUT2D eigenvalue weighted by molar-refractivity contribution is 5.99. The molecule has 7 heteroatoms. The van der Waals surface area contributed by atoms with Crippen LogP contribution in [0.1, 0.15) is 53.6 Å². The zero-order valence-corrected chi connectivity index (χ0v) is 16.4. The molecule has 150 valence electrons. The maximum absolute atomic E-state index is 12.3. The second-order valence-electron chi connectivity index (χ2n) is 6.56. The Morgan fingerprint density at radius 3 is 2.82 bits per heavy atom. The van der Waals surface area contributed by atoms with E-state index in [2.05, 4.69) is 10.1 Å². The fourth-order valence-electron chi connectivity index (χ4n) is 2.96. The third-order valence-electron chi connectivity index (χ3n) is 4.31. The number of carbonyl (C=O) groups is 1. The van der Waals surface area contributed by atoms with Crippen molar-refractivity contribution in [2.24, 2.45) is 4.99 Å². The van der Waals surface area contributed by atoms with Gasteiger partial charge in [0, 0.05) is 18.1 Å². The van der Waals surface area contributed by atoms with Gasteiger partial charge in [0.1, 0.15) is 23.7 Å². The number of unbranched alkanes of at least 4 members (excludes halogenated alkanes) is 2. The number of aromatic nitrogens is 1. The number of benzene rings is 1. The summed E-state index contributed by atoms with van der Waals surface area (Å²) in [6.45, 7) is 5.73. The molecule has 2 heterocycles. The summed E-state index contributed by atoms with van der Waals surface area (Å²) in [7, 11) is 0. The number of rotatable bonds is 10. The molecule has 0 spiro atoms. The van der Waals surface area contributed by atoms with E-state index in [0.29, 0.717) is 43.6 Å². The third-order valence-corrected chi connectivity index (χ3v) is 4.31. The Morgan fingerprint density at radius 1 is 1.21 bits per heavy atom. The van der Waals surface area contributed by atoms with Crippen molar-refractivity contribution >= 4 is 11.9 Å². The molecule has 0 bridgehead atoms. The van der Waals surface area contributed by atoms with Gasteiger partial charge in [0.15, 0.2) is 0 Å². The van der Waals surface area contributed by atoms with Crippen molar-refractivity contribution in [3.63, 3.8) is 0 Å². The normalized spacial score (nSPS) is 13.1. The topological polar surface area (TPSA) is 83.2 Å². The number of hydrogen-bond acceptors (Lipinski definition) is 7. The van der Waals surface area contributed by atoms with Gasteiger partial charge in [-0.3, -0.25) is 0 Å². The van der Waals surface area contributed by atoms with Gasteiger partial charge in [-0.1, -0.05) is 5.16 Å². The van der Waals surface area contributed by atoms with Crippen LogP contribution in [0.15, 0.2) is 33.8 Å². The van der Waals surface area contributed by atoms with Gasteiger partial charge < -0.3 is 18.7 Å². The molecule has 0 saturated heterocycles. The molecule has 0 radical (unpaired) electrons. The highest BCUT2D eigenvalue weighted by atomic mass is 16.5. The number of aryl methyl sites for hydroxylation is 2. The first-order chi connectivity index (χ1) is 13.7. The van der Waals surface area contributed by atoms with Gasteiger partial charge in [-0.25, -0.2) is 9.79 Å². The lowest BCUT2D eigenvalue weighted by Gasteiger charge is -2.12. The van der Waals surface area contributed by atoms with Crippen molar-refractivity contribution in [2.75, 3.05) is 26.4 Å². The highest BCUT2D eigenvalue weighted by Gasteiger charge is 2.18. The van der Waals surface area contributed by atoms with E-state index in [1.807, 2.05) is 19.1 Å². The van der Waals surface area contributed by atoms with Crippen LogP contribution in [0.5, 0.6) is 5.75 Å². The molecular weight excluding hydrogens is 360 g/mol. The largest absolute Gasteiger partial charge is 0.493 e. The van der Waals surface area contributed by atoms with Crippen LogP contribution in [0.25, 0.3) is 0 Å². The Kier molecular flexibility index (Phi) is 7.06. The summed E-state index contributed by atoms with van der Waals surface area (Å²) in [4.78, 5) is 16.6. The van der Waals surface area contributed by atoms with Crippen molar-refractivity contribution in [1.29, 1.82) is 0 Å². The van der Waals surface area contributed by atoms with Gasteiger partial charge >= 0.3 is 5.97 Å². The minimum absolute atomic E-state index is 0.307. The van der Waals surface area contributed by atoms with Crippen molar-refractivity contribution in [1.82, 2.24) is 5.16 Å². The predicted octanol–water partition coefficient (Wildman–Crippen LogP) is 3.73. The van der Waals surface area contributed by atoms with Gasteiger partial charge in [0.2, 0.25) is 5.90 Å². The fourth-order valence-corrected chi connectivity index (χ4v) is 2.96. The van der Waals surface area contributed by atoms with Crippen LogP contribution in [-0.4, -0.2) is 43.4 Å². The molecule has 0 amide bonds. The summed E-state index contributed by atoms with van der Waals surface area (Å²) < 4.78 is 21.7. The lowest BCUT2D eigenvalue weighted by Crippen LogP contribution is -2.11. The molecule has 0 saturated carbocycles. The Morgan fingerprint density at radius 2 is 2.11 bits per heavy atom. The van der Waals surface area contributed by atoms with Crippen LogP contribution in [0, 0.1) is 6.92 Å². The number of esters is 1.